The maximum absolute atomic E-state index is 4.00. The highest BCUT2D eigenvalue weighted by Gasteiger charge is 1.97. The fourth-order valence-electron chi connectivity index (χ4n) is 1.14. The van der Waals surface area contributed by atoms with Gasteiger partial charge < -0.3 is 0 Å². The van der Waals surface area contributed by atoms with Crippen LogP contribution in [0.25, 0.3) is 17.2 Å². The lowest BCUT2D eigenvalue weighted by Gasteiger charge is -1.90. The number of aromatic nitrogens is 3. The summed E-state index contributed by atoms with van der Waals surface area (Å²) in [6, 6.07) is 7.88. The first-order valence-electron chi connectivity index (χ1n) is 3.84. The number of fused-ring (bicyclic) bond motifs is 1. The lowest BCUT2D eigenvalue weighted by Crippen LogP contribution is -1.87. The molecule has 0 aliphatic heterocycles. The minimum Gasteiger partial charge on any atom is -0.221 e. The molecule has 0 fully saturated rings. The van der Waals surface area contributed by atoms with Crippen LogP contribution < -0.4 is 0 Å². The molecule has 0 radical (unpaired) electrons. The number of rotatable bonds is 1. The molecular weight excluding hydrogens is 149 g/mol. The van der Waals surface area contributed by atoms with Crippen molar-refractivity contribution in [2.75, 3.05) is 0 Å². The maximum Gasteiger partial charge on any atom is 0.131 e. The zero-order valence-electron chi connectivity index (χ0n) is 6.81. The Bertz CT molecular complexity index is 419. The van der Waals surface area contributed by atoms with Crippen molar-refractivity contribution in [3.8, 4) is 0 Å². The molecule has 2 rings (SSSR count). The fourth-order valence-corrected chi connectivity index (χ4v) is 1.14. The van der Waals surface area contributed by atoms with Gasteiger partial charge in [0.05, 0.1) is 5.52 Å². The van der Waals surface area contributed by atoms with E-state index in [1.54, 1.807) is 4.68 Å². The smallest absolute Gasteiger partial charge is 0.131 e. The molecule has 1 aromatic carbocycles. The standard InChI is InChI=1S/C8H8BN3/c9-5-6-12-8-4-2-1-3-7(8)10-11-12/h1-6H,9H2/b6-5-. The molecule has 0 unspecified atom stereocenters. The summed E-state index contributed by atoms with van der Waals surface area (Å²) < 4.78 is 1.76. The van der Waals surface area contributed by atoms with E-state index < -0.39 is 0 Å². The van der Waals surface area contributed by atoms with Gasteiger partial charge in [0.1, 0.15) is 13.4 Å². The maximum atomic E-state index is 4.00. The van der Waals surface area contributed by atoms with Crippen LogP contribution in [-0.2, 0) is 0 Å². The minimum absolute atomic E-state index is 0.926. The summed E-state index contributed by atoms with van der Waals surface area (Å²) in [4.78, 5) is 0. The Balaban J connectivity index is 2.70. The molecule has 0 atom stereocenters. The zero-order chi connectivity index (χ0) is 8.39. The molecule has 58 valence electrons. The molecule has 0 saturated carbocycles. The van der Waals surface area contributed by atoms with E-state index >= 15 is 0 Å². The van der Waals surface area contributed by atoms with Gasteiger partial charge in [-0.3, -0.25) is 0 Å². The second kappa shape index (κ2) is 2.81. The monoisotopic (exact) mass is 157 g/mol. The Labute approximate surface area is 71.1 Å². The van der Waals surface area contributed by atoms with Gasteiger partial charge in [0.25, 0.3) is 0 Å². The SMILES string of the molecule is B/C=C\n1nnc2ccccc21. The Kier molecular flexibility index (Phi) is 1.66. The molecule has 1 aromatic heterocycles. The van der Waals surface area contributed by atoms with Crippen molar-refractivity contribution >= 4 is 25.1 Å². The molecular formula is C8H8BN3. The molecule has 0 saturated heterocycles. The first-order chi connectivity index (χ1) is 5.92. The van der Waals surface area contributed by atoms with Crippen LogP contribution in [0.2, 0.25) is 0 Å². The molecule has 0 aliphatic rings. The lowest BCUT2D eigenvalue weighted by atomic mass is 10.2. The Morgan fingerprint density at radius 2 is 2.17 bits per heavy atom. The van der Waals surface area contributed by atoms with Gasteiger partial charge in [0, 0.05) is 6.20 Å². The van der Waals surface area contributed by atoms with Gasteiger partial charge >= 0.3 is 0 Å². The summed E-state index contributed by atoms with van der Waals surface area (Å²) in [6.45, 7) is 0. The number of para-hydroxylation sites is 1. The third-order valence-corrected chi connectivity index (χ3v) is 1.67. The van der Waals surface area contributed by atoms with Crippen molar-refractivity contribution in [2.24, 2.45) is 0 Å². The quantitative estimate of drug-likeness (QED) is 0.564. The van der Waals surface area contributed by atoms with Gasteiger partial charge in [0.15, 0.2) is 0 Å². The minimum atomic E-state index is 0.926. The second-order valence-electron chi connectivity index (χ2n) is 2.51. The molecule has 2 aromatic rings. The van der Waals surface area contributed by atoms with Crippen LogP contribution in [0.4, 0.5) is 0 Å². The van der Waals surface area contributed by atoms with Crippen LogP contribution in [0.5, 0.6) is 0 Å². The second-order valence-corrected chi connectivity index (χ2v) is 2.51. The van der Waals surface area contributed by atoms with Crippen LogP contribution in [-0.4, -0.2) is 22.8 Å². The first kappa shape index (κ1) is 7.09. The van der Waals surface area contributed by atoms with Gasteiger partial charge in [0.2, 0.25) is 0 Å². The molecule has 12 heavy (non-hydrogen) atoms. The fraction of sp³-hybridized carbons (Fsp3) is 0. The van der Waals surface area contributed by atoms with Gasteiger partial charge in [-0.2, -0.15) is 0 Å². The summed E-state index contributed by atoms with van der Waals surface area (Å²) in [5.41, 5.74) is 1.96. The molecule has 0 amide bonds. The zero-order valence-corrected chi connectivity index (χ0v) is 6.81. The van der Waals surface area contributed by atoms with Gasteiger partial charge in [-0.1, -0.05) is 17.3 Å². The third-order valence-electron chi connectivity index (χ3n) is 1.67. The van der Waals surface area contributed by atoms with Crippen molar-refractivity contribution in [2.45, 2.75) is 0 Å². The van der Waals surface area contributed by atoms with Gasteiger partial charge in [-0.15, -0.1) is 11.1 Å². The van der Waals surface area contributed by atoms with Crippen LogP contribution >= 0.6 is 0 Å². The summed E-state index contributed by atoms with van der Waals surface area (Å²) >= 11 is 0. The predicted octanol–water partition coefficient (Wildman–Crippen LogP) is 0.493. The van der Waals surface area contributed by atoms with E-state index in [4.69, 9.17) is 0 Å². The Morgan fingerprint density at radius 3 is 3.00 bits per heavy atom. The van der Waals surface area contributed by atoms with E-state index in [1.807, 2.05) is 44.3 Å². The van der Waals surface area contributed by atoms with E-state index in [1.165, 1.54) is 0 Å². The van der Waals surface area contributed by atoms with Gasteiger partial charge in [-0.25, -0.2) is 4.68 Å². The molecule has 0 spiro atoms. The van der Waals surface area contributed by atoms with E-state index in [9.17, 15) is 0 Å². The van der Waals surface area contributed by atoms with E-state index in [2.05, 4.69) is 10.3 Å². The Morgan fingerprint density at radius 1 is 1.33 bits per heavy atom. The van der Waals surface area contributed by atoms with Crippen molar-refractivity contribution in [3.63, 3.8) is 0 Å². The van der Waals surface area contributed by atoms with E-state index in [-0.39, 0.29) is 0 Å². The predicted molar refractivity (Wildman–Crippen MR) is 51.4 cm³/mol. The number of nitrogens with zero attached hydrogens (tertiary/aromatic N) is 3. The average molecular weight is 157 g/mol. The molecule has 1 heterocycles. The highest BCUT2D eigenvalue weighted by molar-refractivity contribution is 6.18. The largest absolute Gasteiger partial charge is 0.221 e. The average Bonchev–Trinajstić information content (AvgIpc) is 2.50. The summed E-state index contributed by atoms with van der Waals surface area (Å²) in [5.74, 6) is 1.93. The van der Waals surface area contributed by atoms with Gasteiger partial charge in [-0.05, 0) is 12.1 Å². The number of benzene rings is 1. The van der Waals surface area contributed by atoms with Crippen molar-refractivity contribution < 1.29 is 0 Å². The summed E-state index contributed by atoms with van der Waals surface area (Å²) in [7, 11) is 1.95. The van der Waals surface area contributed by atoms with Crippen molar-refractivity contribution in [1.29, 1.82) is 0 Å². The topological polar surface area (TPSA) is 30.7 Å². The number of hydrogen-bond donors (Lipinski definition) is 0. The molecule has 0 N–H and O–H groups in total. The highest BCUT2D eigenvalue weighted by atomic mass is 15.4. The van der Waals surface area contributed by atoms with Crippen LogP contribution in [0.15, 0.2) is 30.2 Å². The molecule has 0 bridgehead atoms. The summed E-state index contributed by atoms with van der Waals surface area (Å²) in [6.07, 6.45) is 1.88. The van der Waals surface area contributed by atoms with Crippen molar-refractivity contribution in [1.82, 2.24) is 15.0 Å². The van der Waals surface area contributed by atoms with E-state index in [0.29, 0.717) is 0 Å². The Hall–Kier alpha value is -1.58. The third kappa shape index (κ3) is 1.01. The first-order valence-corrected chi connectivity index (χ1v) is 3.84. The molecule has 0 aliphatic carbocycles. The summed E-state index contributed by atoms with van der Waals surface area (Å²) in [5, 5.41) is 7.96. The highest BCUT2D eigenvalue weighted by Crippen LogP contribution is 2.09. The normalized spacial score (nSPS) is 11.3. The van der Waals surface area contributed by atoms with Crippen LogP contribution in [0.1, 0.15) is 0 Å². The van der Waals surface area contributed by atoms with Crippen LogP contribution in [0, 0.1) is 0 Å². The van der Waals surface area contributed by atoms with Crippen LogP contribution in [0.3, 0.4) is 0 Å². The molecule has 4 heteroatoms. The number of hydrogen-bond acceptors (Lipinski definition) is 2. The van der Waals surface area contributed by atoms with Crippen molar-refractivity contribution in [3.05, 3.63) is 30.2 Å². The molecule has 3 nitrogen and oxygen atoms in total. The lowest BCUT2D eigenvalue weighted by molar-refractivity contribution is 0.862. The van der Waals surface area contributed by atoms with E-state index in [0.717, 1.165) is 11.0 Å².